The average molecular weight is 321 g/mol. The van der Waals surface area contributed by atoms with Crippen LogP contribution < -0.4 is 5.32 Å². The van der Waals surface area contributed by atoms with Crippen LogP contribution in [0.2, 0.25) is 0 Å². The summed E-state index contributed by atoms with van der Waals surface area (Å²) in [6, 6.07) is 0. The number of aliphatic hydroxyl groups excluding tert-OH is 4. The fourth-order valence-corrected chi connectivity index (χ4v) is 2.13. The zero-order chi connectivity index (χ0) is 16.5. The first-order valence-corrected chi connectivity index (χ1v) is 7.70. The lowest BCUT2D eigenvalue weighted by atomic mass is 9.99. The molecule has 0 aliphatic carbocycles. The molecule has 130 valence electrons. The van der Waals surface area contributed by atoms with E-state index in [0.717, 1.165) is 12.8 Å². The number of nitrogens with one attached hydrogen (secondary N) is 1. The molecule has 0 bridgehead atoms. The van der Waals surface area contributed by atoms with Crippen LogP contribution >= 0.6 is 0 Å². The summed E-state index contributed by atoms with van der Waals surface area (Å²) in [6.07, 6.45) is -3.70. The minimum Gasteiger partial charge on any atom is -0.394 e. The van der Waals surface area contributed by atoms with Crippen LogP contribution in [0.15, 0.2) is 0 Å². The van der Waals surface area contributed by atoms with Crippen molar-refractivity contribution in [3.05, 3.63) is 0 Å². The van der Waals surface area contributed by atoms with Gasteiger partial charge in [-0.25, -0.2) is 0 Å². The van der Waals surface area contributed by atoms with Gasteiger partial charge in [0.05, 0.1) is 13.2 Å². The summed E-state index contributed by atoms with van der Waals surface area (Å²) in [5, 5.41) is 40.8. The molecular formula is C14H27NO7. The van der Waals surface area contributed by atoms with Crippen molar-refractivity contribution >= 4 is 5.91 Å². The molecule has 0 aromatic carbocycles. The van der Waals surface area contributed by atoms with Crippen molar-refractivity contribution in [3.63, 3.8) is 0 Å². The second-order valence-corrected chi connectivity index (χ2v) is 5.38. The van der Waals surface area contributed by atoms with Crippen molar-refractivity contribution in [1.29, 1.82) is 0 Å². The zero-order valence-corrected chi connectivity index (χ0v) is 12.9. The topological polar surface area (TPSA) is 128 Å². The van der Waals surface area contributed by atoms with E-state index in [9.17, 15) is 20.1 Å². The Balaban J connectivity index is 2.24. The number of hydrogen-bond acceptors (Lipinski definition) is 7. The van der Waals surface area contributed by atoms with Crippen molar-refractivity contribution < 1.29 is 34.7 Å². The van der Waals surface area contributed by atoms with Gasteiger partial charge < -0.3 is 35.2 Å². The molecule has 1 aliphatic heterocycles. The molecular weight excluding hydrogens is 294 g/mol. The van der Waals surface area contributed by atoms with Crippen LogP contribution in [0.25, 0.3) is 0 Å². The Morgan fingerprint density at radius 1 is 1.18 bits per heavy atom. The van der Waals surface area contributed by atoms with E-state index >= 15 is 0 Å². The summed E-state index contributed by atoms with van der Waals surface area (Å²) in [6.45, 7) is 2.36. The number of ether oxygens (including phenoxy) is 2. The minimum absolute atomic E-state index is 0.0640. The largest absolute Gasteiger partial charge is 0.394 e. The molecule has 0 unspecified atom stereocenters. The fraction of sp³-hybridized carbons (Fsp3) is 0.929. The third kappa shape index (κ3) is 5.79. The summed E-state index contributed by atoms with van der Waals surface area (Å²) in [5.74, 6) is -0.0640. The number of rotatable bonds is 9. The first-order valence-electron chi connectivity index (χ1n) is 7.70. The van der Waals surface area contributed by atoms with Gasteiger partial charge in [0.2, 0.25) is 5.91 Å². The van der Waals surface area contributed by atoms with E-state index in [4.69, 9.17) is 14.6 Å². The Labute approximate surface area is 130 Å². The monoisotopic (exact) mass is 321 g/mol. The Morgan fingerprint density at radius 3 is 2.55 bits per heavy atom. The number of carbonyl (C=O) groups excluding carboxylic acids is 1. The van der Waals surface area contributed by atoms with Crippen LogP contribution in [-0.4, -0.2) is 76.8 Å². The Morgan fingerprint density at radius 2 is 1.91 bits per heavy atom. The van der Waals surface area contributed by atoms with Gasteiger partial charge in [-0.15, -0.1) is 0 Å². The lowest BCUT2D eigenvalue weighted by molar-refractivity contribution is -0.301. The highest BCUT2D eigenvalue weighted by molar-refractivity contribution is 5.75. The Bertz CT molecular complexity index is 326. The number of hydrogen-bond donors (Lipinski definition) is 5. The molecule has 8 nitrogen and oxygen atoms in total. The molecule has 0 aromatic heterocycles. The summed E-state index contributed by atoms with van der Waals surface area (Å²) >= 11 is 0. The molecule has 0 spiro atoms. The van der Waals surface area contributed by atoms with Gasteiger partial charge in [0, 0.05) is 13.0 Å². The highest BCUT2D eigenvalue weighted by atomic mass is 16.7. The van der Waals surface area contributed by atoms with Crippen LogP contribution in [0.3, 0.4) is 0 Å². The van der Waals surface area contributed by atoms with Gasteiger partial charge in [0.15, 0.2) is 6.29 Å². The normalized spacial score (nSPS) is 32.0. The van der Waals surface area contributed by atoms with Gasteiger partial charge in [-0.2, -0.15) is 0 Å². The minimum atomic E-state index is -1.45. The predicted molar refractivity (Wildman–Crippen MR) is 76.9 cm³/mol. The Hall–Kier alpha value is -0.770. The van der Waals surface area contributed by atoms with E-state index < -0.39 is 37.3 Å². The molecule has 5 N–H and O–H groups in total. The van der Waals surface area contributed by atoms with Crippen molar-refractivity contribution in [1.82, 2.24) is 5.32 Å². The van der Waals surface area contributed by atoms with Crippen molar-refractivity contribution in [3.8, 4) is 0 Å². The van der Waals surface area contributed by atoms with Crippen LogP contribution in [-0.2, 0) is 14.3 Å². The average Bonchev–Trinajstić information content (AvgIpc) is 2.51. The molecule has 1 saturated heterocycles. The lowest BCUT2D eigenvalue weighted by Crippen LogP contribution is -2.59. The Kier molecular flexibility index (Phi) is 8.84. The van der Waals surface area contributed by atoms with Crippen LogP contribution in [0.4, 0.5) is 0 Å². The maximum Gasteiger partial charge on any atom is 0.220 e. The summed E-state index contributed by atoms with van der Waals surface area (Å²) in [4.78, 5) is 11.5. The molecule has 8 heteroatoms. The number of carbonyl (C=O) groups is 1. The van der Waals surface area contributed by atoms with Crippen LogP contribution in [0, 0.1) is 0 Å². The van der Waals surface area contributed by atoms with Crippen LogP contribution in [0.5, 0.6) is 0 Å². The predicted octanol–water partition coefficient (Wildman–Crippen LogP) is -1.50. The van der Waals surface area contributed by atoms with Crippen LogP contribution in [0.1, 0.15) is 32.6 Å². The molecule has 22 heavy (non-hydrogen) atoms. The van der Waals surface area contributed by atoms with Gasteiger partial charge in [-0.3, -0.25) is 4.79 Å². The van der Waals surface area contributed by atoms with Crippen molar-refractivity contribution in [2.45, 2.75) is 63.3 Å². The zero-order valence-electron chi connectivity index (χ0n) is 12.9. The van der Waals surface area contributed by atoms with Gasteiger partial charge in [-0.05, 0) is 12.8 Å². The SMILES string of the molecule is CCCCNC(=O)CCCO[C@@H]1O[C@H](CO)[C@@H](O)[C@H](O)[C@H]1O. The van der Waals surface area contributed by atoms with Crippen molar-refractivity contribution in [2.75, 3.05) is 19.8 Å². The number of unbranched alkanes of at least 4 members (excludes halogenated alkanes) is 1. The highest BCUT2D eigenvalue weighted by Crippen LogP contribution is 2.22. The summed E-state index contributed by atoms with van der Waals surface area (Å²) in [7, 11) is 0. The fourth-order valence-electron chi connectivity index (χ4n) is 2.13. The number of amides is 1. The highest BCUT2D eigenvalue weighted by Gasteiger charge is 2.43. The van der Waals surface area contributed by atoms with Crippen molar-refractivity contribution in [2.24, 2.45) is 0 Å². The van der Waals surface area contributed by atoms with E-state index in [-0.39, 0.29) is 12.5 Å². The van der Waals surface area contributed by atoms with E-state index in [0.29, 0.717) is 19.4 Å². The smallest absolute Gasteiger partial charge is 0.220 e. The molecule has 1 aliphatic rings. The third-order valence-corrected chi connectivity index (χ3v) is 3.53. The van der Waals surface area contributed by atoms with E-state index in [2.05, 4.69) is 5.32 Å². The quantitative estimate of drug-likeness (QED) is 0.327. The maximum atomic E-state index is 11.5. The standard InChI is InChI=1S/C14H27NO7/c1-2-3-6-15-10(17)5-4-7-21-14-13(20)12(19)11(18)9(8-16)22-14/h9,11-14,16,18-20H,2-8H2,1H3,(H,15,17)/t9-,11-,12+,13-,14-/m1/s1. The summed E-state index contributed by atoms with van der Waals surface area (Å²) in [5.41, 5.74) is 0. The lowest BCUT2D eigenvalue weighted by Gasteiger charge is -2.39. The number of aliphatic hydroxyl groups is 4. The maximum absolute atomic E-state index is 11.5. The molecule has 1 heterocycles. The molecule has 0 radical (unpaired) electrons. The first kappa shape index (κ1) is 19.3. The van der Waals surface area contributed by atoms with Gasteiger partial charge in [-0.1, -0.05) is 13.3 Å². The molecule has 1 rings (SSSR count). The van der Waals surface area contributed by atoms with Gasteiger partial charge in [0.25, 0.3) is 0 Å². The first-order chi connectivity index (χ1) is 10.5. The third-order valence-electron chi connectivity index (χ3n) is 3.53. The molecule has 0 saturated carbocycles. The molecule has 0 aromatic rings. The second-order valence-electron chi connectivity index (χ2n) is 5.38. The van der Waals surface area contributed by atoms with Gasteiger partial charge in [0.1, 0.15) is 24.4 Å². The second kappa shape index (κ2) is 10.1. The molecule has 1 amide bonds. The molecule has 5 atom stereocenters. The van der Waals surface area contributed by atoms with E-state index in [1.807, 2.05) is 6.92 Å². The van der Waals surface area contributed by atoms with E-state index in [1.54, 1.807) is 0 Å². The van der Waals surface area contributed by atoms with E-state index in [1.165, 1.54) is 0 Å². The summed E-state index contributed by atoms with van der Waals surface area (Å²) < 4.78 is 10.5. The molecule has 1 fully saturated rings. The van der Waals surface area contributed by atoms with Gasteiger partial charge >= 0.3 is 0 Å².